The molecule has 1 aliphatic carbocycles. The van der Waals surface area contributed by atoms with E-state index in [1.165, 1.54) is 10.9 Å². The molecule has 1 aromatic heterocycles. The largest absolute Gasteiger partial charge is 0.326 e. The number of nitrogens with zero attached hydrogens (tertiary/aromatic N) is 2. The van der Waals surface area contributed by atoms with Crippen molar-refractivity contribution in [3.8, 4) is 6.07 Å². The van der Waals surface area contributed by atoms with Crippen molar-refractivity contribution < 1.29 is 4.79 Å². The number of carbonyl (C=O) groups is 1. The third-order valence-corrected chi connectivity index (χ3v) is 6.50. The minimum absolute atomic E-state index is 0.0439. The number of nitrogens with one attached hydrogen (secondary N) is 1. The second-order valence-corrected chi connectivity index (χ2v) is 8.34. The Bertz CT molecular complexity index is 1100. The molecule has 1 N–H and O–H groups in total. The number of rotatable bonds is 6. The summed E-state index contributed by atoms with van der Waals surface area (Å²) in [6.07, 6.45) is 8.66. The van der Waals surface area contributed by atoms with Gasteiger partial charge in [-0.1, -0.05) is 24.3 Å². The fourth-order valence-corrected chi connectivity index (χ4v) is 4.86. The Morgan fingerprint density at radius 1 is 1.13 bits per heavy atom. The molecule has 1 heterocycles. The molecular weight excluding hydrogens is 382 g/mol. The first kappa shape index (κ1) is 20.8. The molecule has 0 saturated heterocycles. The van der Waals surface area contributed by atoms with Crippen LogP contribution in [0.5, 0.6) is 0 Å². The molecule has 0 bridgehead atoms. The first-order valence-corrected chi connectivity index (χ1v) is 10.9. The van der Waals surface area contributed by atoms with Crippen LogP contribution in [-0.2, 0) is 4.79 Å². The number of hydrogen-bond donors (Lipinski definition) is 1. The molecule has 1 saturated carbocycles. The van der Waals surface area contributed by atoms with Crippen LogP contribution in [-0.4, -0.2) is 10.9 Å². The van der Waals surface area contributed by atoms with Gasteiger partial charge in [0.25, 0.3) is 0 Å². The molecule has 1 amide bonds. The summed E-state index contributed by atoms with van der Waals surface area (Å²) in [5.74, 6) is 0.821. The Kier molecular flexibility index (Phi) is 6.43. The van der Waals surface area contributed by atoms with E-state index in [0.29, 0.717) is 23.8 Å². The SMILES string of the molecule is C=CC[C@@H](C(=O)Nc1ccc(C#N)cc1)[C@H]1CC[C@@H](c2ccnc3ccccc32)CC1. The van der Waals surface area contributed by atoms with E-state index < -0.39 is 0 Å². The number of para-hydroxylation sites is 1. The number of anilines is 1. The van der Waals surface area contributed by atoms with Crippen LogP contribution < -0.4 is 5.32 Å². The highest BCUT2D eigenvalue weighted by molar-refractivity contribution is 5.93. The predicted octanol–water partition coefficient (Wildman–Crippen LogP) is 6.21. The lowest BCUT2D eigenvalue weighted by Gasteiger charge is -2.33. The summed E-state index contributed by atoms with van der Waals surface area (Å²) in [7, 11) is 0. The van der Waals surface area contributed by atoms with Crippen LogP contribution in [0.4, 0.5) is 5.69 Å². The van der Waals surface area contributed by atoms with Crippen LogP contribution in [0, 0.1) is 23.2 Å². The summed E-state index contributed by atoms with van der Waals surface area (Å²) in [5, 5.41) is 13.2. The highest BCUT2D eigenvalue weighted by Gasteiger charge is 2.32. The van der Waals surface area contributed by atoms with E-state index in [0.717, 1.165) is 36.9 Å². The third-order valence-electron chi connectivity index (χ3n) is 6.50. The van der Waals surface area contributed by atoms with Gasteiger partial charge in [0.1, 0.15) is 0 Å². The van der Waals surface area contributed by atoms with Crippen molar-refractivity contribution in [2.24, 2.45) is 11.8 Å². The number of allylic oxidation sites excluding steroid dienone is 1. The molecule has 1 fully saturated rings. The van der Waals surface area contributed by atoms with Crippen molar-refractivity contribution in [1.29, 1.82) is 5.26 Å². The van der Waals surface area contributed by atoms with Gasteiger partial charge in [0.15, 0.2) is 0 Å². The van der Waals surface area contributed by atoms with Gasteiger partial charge in [-0.05, 0) is 85.9 Å². The van der Waals surface area contributed by atoms with Crippen molar-refractivity contribution in [1.82, 2.24) is 4.98 Å². The summed E-state index contributed by atoms with van der Waals surface area (Å²) in [6, 6.07) is 19.6. The van der Waals surface area contributed by atoms with E-state index in [1.54, 1.807) is 24.3 Å². The summed E-state index contributed by atoms with van der Waals surface area (Å²) >= 11 is 0. The number of hydrogen-bond acceptors (Lipinski definition) is 3. The minimum Gasteiger partial charge on any atom is -0.326 e. The number of pyridine rings is 1. The average Bonchev–Trinajstić information content (AvgIpc) is 2.83. The molecule has 0 aliphatic heterocycles. The van der Waals surface area contributed by atoms with Gasteiger partial charge >= 0.3 is 0 Å². The number of aromatic nitrogens is 1. The van der Waals surface area contributed by atoms with Gasteiger partial charge < -0.3 is 5.32 Å². The Labute approximate surface area is 183 Å². The van der Waals surface area contributed by atoms with Crippen molar-refractivity contribution in [2.45, 2.75) is 38.0 Å². The van der Waals surface area contributed by atoms with Crippen LogP contribution in [0.25, 0.3) is 10.9 Å². The molecule has 2 aromatic carbocycles. The number of benzene rings is 2. The lowest BCUT2D eigenvalue weighted by molar-refractivity contribution is -0.121. The molecule has 4 rings (SSSR count). The fraction of sp³-hybridized carbons (Fsp3) is 0.296. The average molecular weight is 410 g/mol. The van der Waals surface area contributed by atoms with Gasteiger partial charge in [-0.25, -0.2) is 0 Å². The van der Waals surface area contributed by atoms with E-state index in [1.807, 2.05) is 18.3 Å². The zero-order chi connectivity index (χ0) is 21.6. The molecule has 31 heavy (non-hydrogen) atoms. The molecule has 0 radical (unpaired) electrons. The molecule has 0 unspecified atom stereocenters. The highest BCUT2D eigenvalue weighted by atomic mass is 16.1. The predicted molar refractivity (Wildman–Crippen MR) is 125 cm³/mol. The quantitative estimate of drug-likeness (QED) is 0.492. The summed E-state index contributed by atoms with van der Waals surface area (Å²) in [4.78, 5) is 17.5. The summed E-state index contributed by atoms with van der Waals surface area (Å²) in [5.41, 5.74) is 3.75. The van der Waals surface area contributed by atoms with Gasteiger partial charge in [0, 0.05) is 23.2 Å². The maximum Gasteiger partial charge on any atom is 0.228 e. The molecule has 4 nitrogen and oxygen atoms in total. The van der Waals surface area contributed by atoms with Crippen molar-refractivity contribution >= 4 is 22.5 Å². The van der Waals surface area contributed by atoms with Crippen LogP contribution in [0.1, 0.15) is 49.1 Å². The minimum atomic E-state index is -0.0803. The smallest absolute Gasteiger partial charge is 0.228 e. The van der Waals surface area contributed by atoms with E-state index >= 15 is 0 Å². The third kappa shape index (κ3) is 4.67. The standard InChI is InChI=1S/C27H27N3O/c1-2-5-24(27(31)30-22-14-8-19(18-28)9-15-22)21-12-10-20(11-13-21)23-16-17-29-26-7-4-3-6-25(23)26/h2-4,6-9,14-17,20-21,24H,1,5,10-13H2,(H,30,31)/t20-,21+,24-/m1/s1. The highest BCUT2D eigenvalue weighted by Crippen LogP contribution is 2.41. The van der Waals surface area contributed by atoms with E-state index in [2.05, 4.69) is 47.2 Å². The number of fused-ring (bicyclic) bond motifs is 1. The molecule has 156 valence electrons. The molecule has 3 aromatic rings. The monoisotopic (exact) mass is 409 g/mol. The van der Waals surface area contributed by atoms with Crippen LogP contribution >= 0.6 is 0 Å². The van der Waals surface area contributed by atoms with E-state index in [4.69, 9.17) is 5.26 Å². The van der Waals surface area contributed by atoms with Gasteiger partial charge in [0.2, 0.25) is 5.91 Å². The van der Waals surface area contributed by atoms with Crippen LogP contribution in [0.3, 0.4) is 0 Å². The second-order valence-electron chi connectivity index (χ2n) is 8.34. The van der Waals surface area contributed by atoms with Gasteiger partial charge in [-0.3, -0.25) is 9.78 Å². The molecule has 1 atom stereocenters. The van der Waals surface area contributed by atoms with Gasteiger partial charge in [-0.2, -0.15) is 5.26 Å². The van der Waals surface area contributed by atoms with Crippen LogP contribution in [0.15, 0.2) is 73.4 Å². The zero-order valence-electron chi connectivity index (χ0n) is 17.6. The molecule has 1 aliphatic rings. The van der Waals surface area contributed by atoms with Crippen molar-refractivity contribution in [3.05, 3.63) is 84.6 Å². The van der Waals surface area contributed by atoms with Crippen molar-refractivity contribution in [3.63, 3.8) is 0 Å². The topological polar surface area (TPSA) is 65.8 Å². The Balaban J connectivity index is 1.44. The first-order valence-electron chi connectivity index (χ1n) is 10.9. The summed E-state index contributed by atoms with van der Waals surface area (Å²) < 4.78 is 0. The zero-order valence-corrected chi connectivity index (χ0v) is 17.6. The Hall–Kier alpha value is -3.45. The number of nitriles is 1. The summed E-state index contributed by atoms with van der Waals surface area (Å²) in [6.45, 7) is 3.88. The second kappa shape index (κ2) is 9.57. The molecule has 0 spiro atoms. The number of amides is 1. The van der Waals surface area contributed by atoms with Crippen molar-refractivity contribution in [2.75, 3.05) is 5.32 Å². The number of carbonyl (C=O) groups excluding carboxylic acids is 1. The maximum absolute atomic E-state index is 13.1. The maximum atomic E-state index is 13.1. The van der Waals surface area contributed by atoms with Gasteiger partial charge in [0.05, 0.1) is 17.1 Å². The lowest BCUT2D eigenvalue weighted by Crippen LogP contribution is -2.31. The molecule has 4 heteroatoms. The Morgan fingerprint density at radius 3 is 2.58 bits per heavy atom. The van der Waals surface area contributed by atoms with E-state index in [9.17, 15) is 4.79 Å². The fourth-order valence-electron chi connectivity index (χ4n) is 4.86. The Morgan fingerprint density at radius 2 is 1.87 bits per heavy atom. The van der Waals surface area contributed by atoms with Crippen LogP contribution in [0.2, 0.25) is 0 Å². The molecular formula is C27H27N3O. The first-order chi connectivity index (χ1) is 15.2. The normalized spacial score (nSPS) is 19.3. The lowest BCUT2D eigenvalue weighted by atomic mass is 9.72. The van der Waals surface area contributed by atoms with E-state index in [-0.39, 0.29) is 11.8 Å². The van der Waals surface area contributed by atoms with Gasteiger partial charge in [-0.15, -0.1) is 6.58 Å².